The molecule has 4 saturated heterocycles. The lowest BCUT2D eigenvalue weighted by molar-refractivity contribution is -0.298. The number of hydrogen-bond acceptors (Lipinski definition) is 16. The Kier molecular flexibility index (Phi) is 12.9. The Morgan fingerprint density at radius 1 is 0.935 bits per heavy atom. The van der Waals surface area contributed by atoms with Crippen molar-refractivity contribution in [3.63, 3.8) is 0 Å². The van der Waals surface area contributed by atoms with E-state index in [0.29, 0.717) is 22.3 Å². The molecule has 18 heteroatoms. The molecule has 62 heavy (non-hydrogen) atoms. The monoisotopic (exact) mass is 861 g/mol. The normalized spacial score (nSPS) is 33.4. The fourth-order valence-electron chi connectivity index (χ4n) is 9.17. The first kappa shape index (κ1) is 44.0. The summed E-state index contributed by atoms with van der Waals surface area (Å²) in [4.78, 5) is 49.3. The van der Waals surface area contributed by atoms with Crippen LogP contribution in [0.3, 0.4) is 0 Å². The first-order valence-electron chi connectivity index (χ1n) is 20.6. The van der Waals surface area contributed by atoms with E-state index < -0.39 is 109 Å². The molecule has 1 saturated carbocycles. The van der Waals surface area contributed by atoms with Crippen LogP contribution in [0.5, 0.6) is 0 Å². The van der Waals surface area contributed by atoms with Crippen molar-refractivity contribution < 1.29 is 73.5 Å². The van der Waals surface area contributed by atoms with E-state index in [9.17, 15) is 45.0 Å². The summed E-state index contributed by atoms with van der Waals surface area (Å²) in [5.41, 5.74) is 0.970. The zero-order valence-corrected chi connectivity index (χ0v) is 33.7. The van der Waals surface area contributed by atoms with E-state index in [4.69, 9.17) is 28.5 Å². The Morgan fingerprint density at radius 2 is 1.63 bits per heavy atom. The van der Waals surface area contributed by atoms with Crippen molar-refractivity contribution in [3.05, 3.63) is 113 Å². The van der Waals surface area contributed by atoms with Crippen LogP contribution in [0, 0.1) is 5.41 Å². The molecule has 0 radical (unpaired) electrons. The number of aliphatic hydroxyl groups is 6. The molecule has 0 spiro atoms. The number of hydroxylamine groups is 2. The number of ether oxygens (including phenoxy) is 5. The summed E-state index contributed by atoms with van der Waals surface area (Å²) >= 11 is 0. The highest BCUT2D eigenvalue weighted by Crippen LogP contribution is 2.59. The summed E-state index contributed by atoms with van der Waals surface area (Å²) in [7, 11) is 0. The lowest BCUT2D eigenvalue weighted by Crippen LogP contribution is -2.71. The number of hydrogen-bond donors (Lipinski definition) is 8. The Balaban J connectivity index is 1.09. The second-order valence-corrected chi connectivity index (χ2v) is 16.1. The van der Waals surface area contributed by atoms with Gasteiger partial charge < -0.3 is 65.0 Å². The molecule has 3 aromatic rings. The van der Waals surface area contributed by atoms with E-state index in [0.717, 1.165) is 0 Å². The fraction of sp³-hybridized carbons (Fsp3) is 0.477. The van der Waals surface area contributed by atoms with Gasteiger partial charge >= 0.3 is 5.97 Å². The zero-order chi connectivity index (χ0) is 43.8. The van der Waals surface area contributed by atoms with Gasteiger partial charge in [-0.25, -0.2) is 0 Å². The van der Waals surface area contributed by atoms with Gasteiger partial charge in [-0.05, 0) is 18.1 Å². The number of rotatable bonds is 15. The molecule has 13 atom stereocenters. The largest absolute Gasteiger partial charge is 0.458 e. The van der Waals surface area contributed by atoms with Gasteiger partial charge in [-0.3, -0.25) is 19.2 Å². The summed E-state index contributed by atoms with van der Waals surface area (Å²) < 4.78 is 31.0. The molecule has 4 aliphatic heterocycles. The third kappa shape index (κ3) is 7.95. The van der Waals surface area contributed by atoms with Crippen molar-refractivity contribution in [1.29, 1.82) is 0 Å². The predicted molar refractivity (Wildman–Crippen MR) is 213 cm³/mol. The Morgan fingerprint density at radius 3 is 2.29 bits per heavy atom. The Labute approximate surface area is 356 Å². The number of amides is 2. The second-order valence-electron chi connectivity index (χ2n) is 16.1. The van der Waals surface area contributed by atoms with Gasteiger partial charge in [0.1, 0.15) is 60.3 Å². The molecule has 2 amide bonds. The third-order valence-corrected chi connectivity index (χ3v) is 12.2. The summed E-state index contributed by atoms with van der Waals surface area (Å²) in [5.74, 6) is -3.72. The molecule has 8 N–H and O–H groups in total. The van der Waals surface area contributed by atoms with Crippen molar-refractivity contribution >= 4 is 23.9 Å². The molecule has 5 fully saturated rings. The maximum atomic E-state index is 15.0. The minimum atomic E-state index is -1.71. The topological polar surface area (TPSA) is 255 Å². The van der Waals surface area contributed by atoms with E-state index in [1.165, 1.54) is 12.0 Å². The number of carbonyl (C=O) groups excluding carboxylic acids is 3. The molecule has 2 bridgehead atoms. The molecule has 1 aliphatic carbocycles. The van der Waals surface area contributed by atoms with Gasteiger partial charge in [0.2, 0.25) is 17.6 Å². The van der Waals surface area contributed by atoms with Gasteiger partial charge in [0.25, 0.3) is 0 Å². The molecule has 13 unspecified atom stereocenters. The van der Waals surface area contributed by atoms with Gasteiger partial charge in [0, 0.05) is 24.1 Å². The van der Waals surface area contributed by atoms with E-state index in [-0.39, 0.29) is 32.7 Å². The number of benzene rings is 3. The lowest BCUT2D eigenvalue weighted by atomic mass is 9.62. The van der Waals surface area contributed by atoms with Crippen molar-refractivity contribution in [3.8, 4) is 0 Å². The number of carbonyl (C=O) groups is 3. The van der Waals surface area contributed by atoms with Crippen LogP contribution in [0.1, 0.15) is 35.6 Å². The highest BCUT2D eigenvalue weighted by Gasteiger charge is 2.76. The SMILES string of the molecule is CC(O)C(NC(=O)C12CC3OC(=O)C1N(Cc1cccc(C=CCOC4OC(CO)C(O)C(O)C4O)c1)OC2C1OC(c2ccccc2)(c2ccccc2)OC31)C(=O)NCCO. The molecular formula is C44H51N3O15. The van der Waals surface area contributed by atoms with Crippen LogP contribution in [0.4, 0.5) is 0 Å². The number of esters is 1. The van der Waals surface area contributed by atoms with Crippen LogP contribution in [0.25, 0.3) is 6.08 Å². The summed E-state index contributed by atoms with van der Waals surface area (Å²) in [6, 6.07) is 23.0. The second kappa shape index (κ2) is 18.2. The minimum absolute atomic E-state index is 0.0173. The van der Waals surface area contributed by atoms with Crippen molar-refractivity contribution in [2.75, 3.05) is 26.4 Å². The standard InChI is InChI=1S/C44H51N3O15/c1-24(50)31(39(54)45-17-18-48)46-42(56)43-21-29-35-36(61-44(60-35,27-13-4-2-5-14-27)28-15-6-3-7-16-28)38(43)62-47(37(43)40(55)58-29)22-26-11-8-10-25(20-26)12-9-19-57-41-34(53)33(52)32(51)30(23-49)59-41/h2-16,20,24,29-38,41,48-53H,17-19,21-23H2,1H3,(H,45,54)(H,46,56). The minimum Gasteiger partial charge on any atom is -0.458 e. The molecule has 0 aromatic heterocycles. The number of nitrogens with zero attached hydrogens (tertiary/aromatic N) is 1. The number of nitrogens with one attached hydrogen (secondary N) is 2. The van der Waals surface area contributed by atoms with Crippen LogP contribution in [0.2, 0.25) is 0 Å². The lowest BCUT2D eigenvalue weighted by Gasteiger charge is -2.49. The number of fused-ring (bicyclic) bond motifs is 4. The molecule has 18 nitrogen and oxygen atoms in total. The highest BCUT2D eigenvalue weighted by molar-refractivity contribution is 5.96. The van der Waals surface area contributed by atoms with Crippen molar-refractivity contribution in [2.24, 2.45) is 5.41 Å². The van der Waals surface area contributed by atoms with Crippen LogP contribution in [-0.2, 0) is 55.2 Å². The maximum Gasteiger partial charge on any atom is 0.327 e. The van der Waals surface area contributed by atoms with Crippen molar-refractivity contribution in [1.82, 2.24) is 15.7 Å². The highest BCUT2D eigenvalue weighted by atomic mass is 16.8. The summed E-state index contributed by atoms with van der Waals surface area (Å²) in [6.07, 6.45) is -9.15. The van der Waals surface area contributed by atoms with E-state index in [1.54, 1.807) is 24.3 Å². The Bertz CT molecular complexity index is 2050. The average Bonchev–Trinajstić information content (AvgIpc) is 3.86. The average molecular weight is 862 g/mol. The smallest absolute Gasteiger partial charge is 0.327 e. The molecular weight excluding hydrogens is 810 g/mol. The molecule has 8 rings (SSSR count). The summed E-state index contributed by atoms with van der Waals surface area (Å²) in [6.45, 7) is 0.188. The fourth-order valence-corrected chi connectivity index (χ4v) is 9.17. The molecule has 4 heterocycles. The Hall–Kier alpha value is -4.67. The van der Waals surface area contributed by atoms with Gasteiger partial charge in [-0.15, -0.1) is 0 Å². The van der Waals surface area contributed by atoms with Gasteiger partial charge in [0.15, 0.2) is 12.3 Å². The van der Waals surface area contributed by atoms with E-state index in [1.807, 2.05) is 72.8 Å². The van der Waals surface area contributed by atoms with E-state index >= 15 is 0 Å². The number of aliphatic hydroxyl groups excluding tert-OH is 6. The van der Waals surface area contributed by atoms with Gasteiger partial charge in [-0.2, -0.15) is 5.06 Å². The molecule has 3 aromatic carbocycles. The first-order chi connectivity index (χ1) is 29.9. The first-order valence-corrected chi connectivity index (χ1v) is 20.6. The van der Waals surface area contributed by atoms with Crippen LogP contribution in [0.15, 0.2) is 91.0 Å². The van der Waals surface area contributed by atoms with Gasteiger partial charge in [0.05, 0.1) is 32.5 Å². The predicted octanol–water partition coefficient (Wildman–Crippen LogP) is -1.02. The molecule has 5 aliphatic rings. The van der Waals surface area contributed by atoms with Gasteiger partial charge in [-0.1, -0.05) is 97.1 Å². The quantitative estimate of drug-likeness (QED) is 0.0851. The molecule has 332 valence electrons. The van der Waals surface area contributed by atoms with Crippen molar-refractivity contribution in [2.45, 2.75) is 99.0 Å². The zero-order valence-electron chi connectivity index (χ0n) is 33.7. The maximum absolute atomic E-state index is 15.0. The third-order valence-electron chi connectivity index (χ3n) is 12.2. The van der Waals surface area contributed by atoms with E-state index in [2.05, 4.69) is 10.6 Å². The summed E-state index contributed by atoms with van der Waals surface area (Å²) in [5, 5.41) is 66.6. The van der Waals surface area contributed by atoms with Crippen LogP contribution < -0.4 is 10.6 Å². The van der Waals surface area contributed by atoms with Crippen LogP contribution in [-0.4, -0.2) is 153 Å². The van der Waals surface area contributed by atoms with Crippen LogP contribution >= 0.6 is 0 Å².